The molecule has 5 nitrogen and oxygen atoms in total. The van der Waals surface area contributed by atoms with Crippen LogP contribution in [-0.4, -0.2) is 16.7 Å². The number of thiocarbonyl (C=S) groups is 1. The molecule has 1 saturated heterocycles. The minimum absolute atomic E-state index is 0.205. The number of aryl methyl sites for hydroxylation is 1. The summed E-state index contributed by atoms with van der Waals surface area (Å²) in [6.45, 7) is 3.91. The molecule has 2 heterocycles. The van der Waals surface area contributed by atoms with Crippen LogP contribution in [0.4, 0.5) is 11.4 Å². The fourth-order valence-electron chi connectivity index (χ4n) is 4.66. The van der Waals surface area contributed by atoms with Crippen molar-refractivity contribution < 1.29 is 9.53 Å². The molecule has 3 atom stereocenters. The van der Waals surface area contributed by atoms with Crippen molar-refractivity contribution in [1.82, 2.24) is 5.32 Å². The van der Waals surface area contributed by atoms with Gasteiger partial charge in [-0.2, -0.15) is 0 Å². The minimum atomic E-state index is -1.09. The van der Waals surface area contributed by atoms with E-state index in [-0.39, 0.29) is 5.91 Å². The Morgan fingerprint density at radius 2 is 1.82 bits per heavy atom. The summed E-state index contributed by atoms with van der Waals surface area (Å²) in [6, 6.07) is 20.0. The van der Waals surface area contributed by atoms with E-state index in [4.69, 9.17) is 40.2 Å². The van der Waals surface area contributed by atoms with Gasteiger partial charge < -0.3 is 15.4 Å². The number of nitrogens with one attached hydrogen (secondary N) is 2. The summed E-state index contributed by atoms with van der Waals surface area (Å²) in [4.78, 5) is 15.6. The number of ether oxygens (including phenoxy) is 1. The summed E-state index contributed by atoms with van der Waals surface area (Å²) in [5, 5.41) is 8.04. The van der Waals surface area contributed by atoms with Crippen molar-refractivity contribution in [3.63, 3.8) is 0 Å². The first-order valence-electron chi connectivity index (χ1n) is 10.5. The Hall–Kier alpha value is -2.80. The summed E-state index contributed by atoms with van der Waals surface area (Å²) >= 11 is 18.1. The molecule has 0 aromatic heterocycles. The fourth-order valence-corrected chi connectivity index (χ4v) is 5.38. The van der Waals surface area contributed by atoms with Gasteiger partial charge in [0.05, 0.1) is 6.04 Å². The molecule has 5 rings (SSSR count). The van der Waals surface area contributed by atoms with Gasteiger partial charge in [0.1, 0.15) is 11.7 Å². The Kier molecular flexibility index (Phi) is 5.47. The SMILES string of the molecule is Cc1cccc(N2C(=S)NC3c4cc(Cl)ccc4OC2(C)C3C(=O)Nc2ccc(Cl)cc2)c1. The van der Waals surface area contributed by atoms with E-state index in [9.17, 15) is 4.79 Å². The lowest BCUT2D eigenvalue weighted by molar-refractivity contribution is -0.130. The van der Waals surface area contributed by atoms with E-state index in [0.717, 1.165) is 16.8 Å². The second kappa shape index (κ2) is 8.20. The summed E-state index contributed by atoms with van der Waals surface area (Å²) in [6.07, 6.45) is 0. The van der Waals surface area contributed by atoms with Crippen molar-refractivity contribution in [2.45, 2.75) is 25.6 Å². The normalized spacial score (nSPS) is 23.3. The third-order valence-corrected chi connectivity index (χ3v) is 6.90. The number of hydrogen-bond donors (Lipinski definition) is 2. The molecular formula is C25H21Cl2N3O2S. The van der Waals surface area contributed by atoms with Crippen LogP contribution in [0.5, 0.6) is 5.75 Å². The second-order valence-corrected chi connectivity index (χ2v) is 9.67. The molecule has 33 heavy (non-hydrogen) atoms. The van der Waals surface area contributed by atoms with Crippen molar-refractivity contribution in [2.24, 2.45) is 5.92 Å². The zero-order valence-corrected chi connectivity index (χ0v) is 20.3. The van der Waals surface area contributed by atoms with E-state index in [0.29, 0.717) is 26.6 Å². The van der Waals surface area contributed by atoms with Gasteiger partial charge in [0.25, 0.3) is 0 Å². The number of benzene rings is 3. The predicted octanol–water partition coefficient (Wildman–Crippen LogP) is 6.10. The highest BCUT2D eigenvalue weighted by Crippen LogP contribution is 2.50. The first-order chi connectivity index (χ1) is 15.8. The first kappa shape index (κ1) is 22.0. The number of halogens is 2. The average molecular weight is 498 g/mol. The van der Waals surface area contributed by atoms with Crippen LogP contribution in [0.2, 0.25) is 10.0 Å². The number of carbonyl (C=O) groups excluding carboxylic acids is 1. The number of rotatable bonds is 3. The Labute approximate surface area is 207 Å². The van der Waals surface area contributed by atoms with Crippen LogP contribution in [0.1, 0.15) is 24.1 Å². The molecule has 2 bridgehead atoms. The maximum atomic E-state index is 13.7. The van der Waals surface area contributed by atoms with Crippen LogP contribution < -0.4 is 20.3 Å². The van der Waals surface area contributed by atoms with Crippen LogP contribution >= 0.6 is 35.4 Å². The molecule has 2 N–H and O–H groups in total. The number of anilines is 2. The van der Waals surface area contributed by atoms with Crippen molar-refractivity contribution in [3.05, 3.63) is 87.9 Å². The van der Waals surface area contributed by atoms with E-state index in [2.05, 4.69) is 10.6 Å². The number of fused-ring (bicyclic) bond motifs is 4. The molecule has 3 aromatic rings. The lowest BCUT2D eigenvalue weighted by Gasteiger charge is -2.56. The van der Waals surface area contributed by atoms with Gasteiger partial charge in [-0.1, -0.05) is 35.3 Å². The van der Waals surface area contributed by atoms with E-state index in [1.54, 1.807) is 30.3 Å². The van der Waals surface area contributed by atoms with Crippen LogP contribution in [-0.2, 0) is 4.79 Å². The molecule has 2 aliphatic heterocycles. The Morgan fingerprint density at radius 3 is 2.55 bits per heavy atom. The third-order valence-electron chi connectivity index (χ3n) is 6.11. The molecule has 0 aliphatic carbocycles. The second-order valence-electron chi connectivity index (χ2n) is 8.41. The summed E-state index contributed by atoms with van der Waals surface area (Å²) in [5.74, 6) is -0.190. The molecule has 2 aliphatic rings. The lowest BCUT2D eigenvalue weighted by atomic mass is 9.78. The molecule has 168 valence electrons. The van der Waals surface area contributed by atoms with Crippen molar-refractivity contribution in [2.75, 3.05) is 10.2 Å². The number of carbonyl (C=O) groups is 1. The summed E-state index contributed by atoms with van der Waals surface area (Å²) in [5.41, 5.74) is 2.27. The quantitative estimate of drug-likeness (QED) is 0.428. The van der Waals surface area contributed by atoms with E-state index in [1.807, 2.05) is 55.1 Å². The third kappa shape index (κ3) is 3.82. The molecule has 1 amide bonds. The van der Waals surface area contributed by atoms with Crippen molar-refractivity contribution >= 4 is 57.8 Å². The van der Waals surface area contributed by atoms with Gasteiger partial charge >= 0.3 is 0 Å². The van der Waals surface area contributed by atoms with E-state index < -0.39 is 17.7 Å². The van der Waals surface area contributed by atoms with Gasteiger partial charge in [-0.25, -0.2) is 0 Å². The molecule has 3 aromatic carbocycles. The lowest BCUT2D eigenvalue weighted by Crippen LogP contribution is -2.72. The maximum absolute atomic E-state index is 13.7. The molecule has 3 unspecified atom stereocenters. The van der Waals surface area contributed by atoms with Crippen LogP contribution in [0, 0.1) is 12.8 Å². The number of amides is 1. The maximum Gasteiger partial charge on any atom is 0.236 e. The van der Waals surface area contributed by atoms with Gasteiger partial charge in [0.15, 0.2) is 10.8 Å². The molecular weight excluding hydrogens is 477 g/mol. The molecule has 0 radical (unpaired) electrons. The van der Waals surface area contributed by atoms with Crippen molar-refractivity contribution in [1.29, 1.82) is 0 Å². The van der Waals surface area contributed by atoms with Crippen LogP contribution in [0.3, 0.4) is 0 Å². The van der Waals surface area contributed by atoms with Gasteiger partial charge in [-0.05, 0) is 86.2 Å². The highest BCUT2D eigenvalue weighted by atomic mass is 35.5. The molecule has 8 heteroatoms. The molecule has 0 spiro atoms. The average Bonchev–Trinajstić information content (AvgIpc) is 2.75. The number of nitrogens with zero attached hydrogens (tertiary/aromatic N) is 1. The van der Waals surface area contributed by atoms with Gasteiger partial charge in [-0.3, -0.25) is 9.69 Å². The fraction of sp³-hybridized carbons (Fsp3) is 0.200. The highest BCUT2D eigenvalue weighted by Gasteiger charge is 2.59. The zero-order valence-electron chi connectivity index (χ0n) is 17.9. The molecule has 0 saturated carbocycles. The largest absolute Gasteiger partial charge is 0.467 e. The number of hydrogen-bond acceptors (Lipinski definition) is 3. The minimum Gasteiger partial charge on any atom is -0.467 e. The Morgan fingerprint density at radius 1 is 1.09 bits per heavy atom. The highest BCUT2D eigenvalue weighted by molar-refractivity contribution is 7.80. The van der Waals surface area contributed by atoms with E-state index in [1.165, 1.54) is 0 Å². The summed E-state index contributed by atoms with van der Waals surface area (Å²) in [7, 11) is 0. The van der Waals surface area contributed by atoms with Gasteiger partial charge in [0.2, 0.25) is 5.91 Å². The monoisotopic (exact) mass is 497 g/mol. The van der Waals surface area contributed by atoms with E-state index >= 15 is 0 Å². The zero-order chi connectivity index (χ0) is 23.3. The molecule has 1 fully saturated rings. The van der Waals surface area contributed by atoms with Crippen LogP contribution in [0.15, 0.2) is 66.7 Å². The topological polar surface area (TPSA) is 53.6 Å². The van der Waals surface area contributed by atoms with Gasteiger partial charge in [-0.15, -0.1) is 0 Å². The summed E-state index contributed by atoms with van der Waals surface area (Å²) < 4.78 is 6.57. The van der Waals surface area contributed by atoms with Crippen molar-refractivity contribution in [3.8, 4) is 5.75 Å². The van der Waals surface area contributed by atoms with Crippen LogP contribution in [0.25, 0.3) is 0 Å². The van der Waals surface area contributed by atoms with Gasteiger partial charge in [0, 0.05) is 27.0 Å². The first-order valence-corrected chi connectivity index (χ1v) is 11.6. The predicted molar refractivity (Wildman–Crippen MR) is 136 cm³/mol. The smallest absolute Gasteiger partial charge is 0.236 e. The Balaban J connectivity index is 1.63. The Bertz CT molecular complexity index is 1270. The standard InChI is InChI=1S/C25H21Cl2N3O2S/c1-14-4-3-5-18(12-14)30-24(33)29-22-19-13-16(27)8-11-20(19)32-25(30,2)21(22)23(31)28-17-9-6-15(26)7-10-17/h3-13,21-22H,1-2H3,(H,28,31)(H,29,33).